The first-order valence-corrected chi connectivity index (χ1v) is 5.93. The van der Waals surface area contributed by atoms with Gasteiger partial charge in [-0.15, -0.1) is 13.0 Å². The standard InChI is InChI=1S/C13H22N2O/c1-3-5-6-13(16)12-15-10-8-14(7-4-2)9-11-15/h2-3,13,16H,1,5-12H2. The molecular formula is C13H22N2O. The highest BCUT2D eigenvalue weighted by Crippen LogP contribution is 2.05. The van der Waals surface area contributed by atoms with Crippen LogP contribution in [0.4, 0.5) is 0 Å². The molecule has 0 aliphatic carbocycles. The molecule has 0 aromatic carbocycles. The van der Waals surface area contributed by atoms with Crippen LogP contribution in [0.2, 0.25) is 0 Å². The zero-order chi connectivity index (χ0) is 11.8. The molecule has 0 amide bonds. The quantitative estimate of drug-likeness (QED) is 0.525. The molecule has 1 N–H and O–H groups in total. The molecule has 16 heavy (non-hydrogen) atoms. The van der Waals surface area contributed by atoms with Crippen LogP contribution < -0.4 is 0 Å². The molecule has 1 heterocycles. The summed E-state index contributed by atoms with van der Waals surface area (Å²) in [4.78, 5) is 4.58. The number of hydrogen-bond donors (Lipinski definition) is 1. The first-order valence-electron chi connectivity index (χ1n) is 5.93. The molecule has 0 bridgehead atoms. The van der Waals surface area contributed by atoms with Gasteiger partial charge in [0.05, 0.1) is 12.6 Å². The summed E-state index contributed by atoms with van der Waals surface area (Å²) in [5.74, 6) is 2.67. The zero-order valence-corrected chi connectivity index (χ0v) is 9.94. The maximum atomic E-state index is 9.77. The summed E-state index contributed by atoms with van der Waals surface area (Å²) in [5.41, 5.74) is 0. The van der Waals surface area contributed by atoms with E-state index in [4.69, 9.17) is 6.42 Å². The van der Waals surface area contributed by atoms with Crippen molar-refractivity contribution in [2.75, 3.05) is 39.3 Å². The van der Waals surface area contributed by atoms with Crippen molar-refractivity contribution in [2.24, 2.45) is 0 Å². The minimum Gasteiger partial charge on any atom is -0.392 e. The van der Waals surface area contributed by atoms with Crippen molar-refractivity contribution in [3.63, 3.8) is 0 Å². The Morgan fingerprint density at radius 2 is 1.94 bits per heavy atom. The second kappa shape index (κ2) is 7.45. The first-order chi connectivity index (χ1) is 7.76. The van der Waals surface area contributed by atoms with Gasteiger partial charge in [0.25, 0.3) is 0 Å². The van der Waals surface area contributed by atoms with Gasteiger partial charge >= 0.3 is 0 Å². The Kier molecular flexibility index (Phi) is 6.17. The van der Waals surface area contributed by atoms with E-state index in [9.17, 15) is 5.11 Å². The number of nitrogens with zero attached hydrogens (tertiary/aromatic N) is 2. The van der Waals surface area contributed by atoms with E-state index in [1.165, 1.54) is 0 Å². The van der Waals surface area contributed by atoms with Crippen LogP contribution in [0.5, 0.6) is 0 Å². The minimum absolute atomic E-state index is 0.225. The molecular weight excluding hydrogens is 200 g/mol. The van der Waals surface area contributed by atoms with Gasteiger partial charge in [0.15, 0.2) is 0 Å². The lowest BCUT2D eigenvalue weighted by molar-refractivity contribution is 0.0732. The van der Waals surface area contributed by atoms with Crippen LogP contribution in [0, 0.1) is 12.3 Å². The number of hydrogen-bond acceptors (Lipinski definition) is 3. The third kappa shape index (κ3) is 4.80. The molecule has 1 unspecified atom stereocenters. The summed E-state index contributed by atoms with van der Waals surface area (Å²) in [6, 6.07) is 0. The van der Waals surface area contributed by atoms with Crippen LogP contribution in [0.25, 0.3) is 0 Å². The molecule has 3 nitrogen and oxygen atoms in total. The topological polar surface area (TPSA) is 26.7 Å². The molecule has 1 aliphatic rings. The highest BCUT2D eigenvalue weighted by Gasteiger charge is 2.17. The summed E-state index contributed by atoms with van der Waals surface area (Å²) in [5, 5.41) is 9.77. The van der Waals surface area contributed by atoms with Crippen molar-refractivity contribution < 1.29 is 5.11 Å². The van der Waals surface area contributed by atoms with Gasteiger partial charge in [-0.1, -0.05) is 12.0 Å². The Morgan fingerprint density at radius 1 is 1.31 bits per heavy atom. The summed E-state index contributed by atoms with van der Waals surface area (Å²) in [6.45, 7) is 9.22. The second-order valence-corrected chi connectivity index (χ2v) is 4.30. The first kappa shape index (κ1) is 13.2. The van der Waals surface area contributed by atoms with E-state index < -0.39 is 0 Å². The SMILES string of the molecule is C#CCN1CCN(CC(O)CCC=C)CC1. The third-order valence-corrected chi connectivity index (χ3v) is 2.95. The summed E-state index contributed by atoms with van der Waals surface area (Å²) in [7, 11) is 0. The molecule has 1 rings (SSSR count). The van der Waals surface area contributed by atoms with Crippen molar-refractivity contribution in [3.05, 3.63) is 12.7 Å². The monoisotopic (exact) mass is 222 g/mol. The molecule has 0 radical (unpaired) electrons. The fourth-order valence-electron chi connectivity index (χ4n) is 1.96. The Hall–Kier alpha value is -0.820. The smallest absolute Gasteiger partial charge is 0.0670 e. The maximum Gasteiger partial charge on any atom is 0.0670 e. The summed E-state index contributed by atoms with van der Waals surface area (Å²) < 4.78 is 0. The Bertz CT molecular complexity index is 239. The number of aliphatic hydroxyl groups is 1. The lowest BCUT2D eigenvalue weighted by Gasteiger charge is -2.34. The van der Waals surface area contributed by atoms with Gasteiger partial charge in [0.2, 0.25) is 0 Å². The van der Waals surface area contributed by atoms with Crippen LogP contribution in [0.3, 0.4) is 0 Å². The molecule has 90 valence electrons. The zero-order valence-electron chi connectivity index (χ0n) is 9.94. The molecule has 1 atom stereocenters. The van der Waals surface area contributed by atoms with Gasteiger partial charge in [-0.2, -0.15) is 0 Å². The van der Waals surface area contributed by atoms with Crippen molar-refractivity contribution in [3.8, 4) is 12.3 Å². The Morgan fingerprint density at radius 3 is 2.50 bits per heavy atom. The van der Waals surface area contributed by atoms with Gasteiger partial charge in [0.1, 0.15) is 0 Å². The highest BCUT2D eigenvalue weighted by molar-refractivity contribution is 4.89. The number of aliphatic hydroxyl groups excluding tert-OH is 1. The van der Waals surface area contributed by atoms with Crippen LogP contribution in [0.1, 0.15) is 12.8 Å². The normalized spacial score (nSPS) is 20.2. The maximum absolute atomic E-state index is 9.77. The Labute approximate surface area is 98.7 Å². The van der Waals surface area contributed by atoms with Crippen molar-refractivity contribution in [1.82, 2.24) is 9.80 Å². The van der Waals surface area contributed by atoms with Gasteiger partial charge in [-0.05, 0) is 12.8 Å². The predicted molar refractivity (Wildman–Crippen MR) is 67.2 cm³/mol. The van der Waals surface area contributed by atoms with Crippen LogP contribution in [-0.2, 0) is 0 Å². The summed E-state index contributed by atoms with van der Waals surface area (Å²) >= 11 is 0. The highest BCUT2D eigenvalue weighted by atomic mass is 16.3. The minimum atomic E-state index is -0.225. The Balaban J connectivity index is 2.16. The van der Waals surface area contributed by atoms with E-state index in [0.29, 0.717) is 0 Å². The fourth-order valence-corrected chi connectivity index (χ4v) is 1.96. The average molecular weight is 222 g/mol. The van der Waals surface area contributed by atoms with E-state index in [1.54, 1.807) is 0 Å². The van der Waals surface area contributed by atoms with Crippen LogP contribution in [0.15, 0.2) is 12.7 Å². The molecule has 0 saturated carbocycles. The molecule has 3 heteroatoms. The predicted octanol–water partition coefficient (Wildman–Crippen LogP) is 0.564. The van der Waals surface area contributed by atoms with Crippen LogP contribution in [-0.4, -0.2) is 60.3 Å². The number of terminal acetylenes is 1. The molecule has 1 saturated heterocycles. The number of piperazine rings is 1. The van der Waals surface area contributed by atoms with Crippen molar-refractivity contribution >= 4 is 0 Å². The van der Waals surface area contributed by atoms with Crippen molar-refractivity contribution in [2.45, 2.75) is 18.9 Å². The largest absolute Gasteiger partial charge is 0.392 e. The van der Waals surface area contributed by atoms with Gasteiger partial charge in [-0.3, -0.25) is 9.80 Å². The molecule has 0 spiro atoms. The fraction of sp³-hybridized carbons (Fsp3) is 0.692. The average Bonchev–Trinajstić information content (AvgIpc) is 2.29. The van der Waals surface area contributed by atoms with E-state index in [-0.39, 0.29) is 6.10 Å². The molecule has 0 aromatic heterocycles. The number of allylic oxidation sites excluding steroid dienone is 1. The van der Waals surface area contributed by atoms with E-state index in [1.807, 2.05) is 6.08 Å². The lowest BCUT2D eigenvalue weighted by Crippen LogP contribution is -2.48. The molecule has 0 aromatic rings. The van der Waals surface area contributed by atoms with E-state index >= 15 is 0 Å². The van der Waals surface area contributed by atoms with E-state index in [2.05, 4.69) is 22.3 Å². The van der Waals surface area contributed by atoms with Gasteiger partial charge in [0, 0.05) is 32.7 Å². The van der Waals surface area contributed by atoms with Crippen molar-refractivity contribution in [1.29, 1.82) is 0 Å². The number of β-amino-alcohol motifs (C(OH)–C–C–N with tert-alkyl or cyclic N) is 1. The lowest BCUT2D eigenvalue weighted by atomic mass is 10.1. The van der Waals surface area contributed by atoms with Gasteiger partial charge < -0.3 is 5.11 Å². The third-order valence-electron chi connectivity index (χ3n) is 2.95. The van der Waals surface area contributed by atoms with E-state index in [0.717, 1.165) is 52.1 Å². The number of rotatable bonds is 6. The molecule has 1 aliphatic heterocycles. The van der Waals surface area contributed by atoms with Crippen LogP contribution >= 0.6 is 0 Å². The second-order valence-electron chi connectivity index (χ2n) is 4.30. The molecule has 1 fully saturated rings. The summed E-state index contributed by atoms with van der Waals surface area (Å²) in [6.07, 6.45) is 8.61. The van der Waals surface area contributed by atoms with Gasteiger partial charge in [-0.25, -0.2) is 0 Å².